The van der Waals surface area contributed by atoms with Crippen LogP contribution < -0.4 is 19.5 Å². The molecule has 7 heteroatoms. The summed E-state index contributed by atoms with van der Waals surface area (Å²) in [6.45, 7) is 0. The molecule has 144 valence electrons. The number of methoxy groups -OCH3 is 3. The van der Waals surface area contributed by atoms with Crippen LogP contribution in [0.1, 0.15) is 15.2 Å². The Kier molecular flexibility index (Phi) is 5.19. The van der Waals surface area contributed by atoms with E-state index in [9.17, 15) is 4.79 Å². The predicted molar refractivity (Wildman–Crippen MR) is 113 cm³/mol. The second-order valence-electron chi connectivity index (χ2n) is 6.12. The number of ether oxygens (including phenoxy) is 3. The van der Waals surface area contributed by atoms with Crippen LogP contribution in [0.5, 0.6) is 17.2 Å². The molecule has 0 aliphatic carbocycles. The Labute approximate surface area is 171 Å². The smallest absolute Gasteiger partial charge is 0.265 e. The fraction of sp³-hybridized carbons (Fsp3) is 0.190. The molecular formula is C21H19NO4S2. The van der Waals surface area contributed by atoms with Crippen LogP contribution in [0.4, 0.5) is 5.69 Å². The summed E-state index contributed by atoms with van der Waals surface area (Å²) in [5.41, 5.74) is 2.98. The van der Waals surface area contributed by atoms with E-state index >= 15 is 0 Å². The summed E-state index contributed by atoms with van der Waals surface area (Å²) in [6, 6.07) is 13.7. The zero-order chi connectivity index (χ0) is 19.7. The lowest BCUT2D eigenvalue weighted by Gasteiger charge is -2.14. The number of carbonyl (C=O) groups excluding carboxylic acids is 1. The molecule has 0 fully saturated rings. The lowest BCUT2D eigenvalue weighted by Crippen LogP contribution is -2.10. The number of thiophene rings is 1. The minimum Gasteiger partial charge on any atom is -0.493 e. The Hall–Kier alpha value is -2.64. The summed E-state index contributed by atoms with van der Waals surface area (Å²) in [6.07, 6.45) is 0. The normalized spacial score (nSPS) is 12.0. The highest BCUT2D eigenvalue weighted by Gasteiger charge is 2.22. The van der Waals surface area contributed by atoms with Crippen molar-refractivity contribution < 1.29 is 19.0 Å². The van der Waals surface area contributed by atoms with E-state index in [0.717, 1.165) is 5.75 Å². The van der Waals surface area contributed by atoms with E-state index in [4.69, 9.17) is 14.2 Å². The largest absolute Gasteiger partial charge is 0.493 e. The molecule has 4 rings (SSSR count). The number of hydrogen-bond acceptors (Lipinski definition) is 6. The van der Waals surface area contributed by atoms with Gasteiger partial charge in [-0.1, -0.05) is 18.2 Å². The van der Waals surface area contributed by atoms with Crippen LogP contribution in [-0.4, -0.2) is 27.2 Å². The Morgan fingerprint density at radius 3 is 2.39 bits per heavy atom. The van der Waals surface area contributed by atoms with Gasteiger partial charge >= 0.3 is 0 Å². The van der Waals surface area contributed by atoms with E-state index in [0.29, 0.717) is 27.8 Å². The number of benzene rings is 2. The van der Waals surface area contributed by atoms with Crippen LogP contribution in [0.15, 0.2) is 47.4 Å². The Balaban J connectivity index is 1.63. The molecule has 1 aliphatic heterocycles. The highest BCUT2D eigenvalue weighted by atomic mass is 32.2. The Bertz CT molecular complexity index is 1020. The summed E-state index contributed by atoms with van der Waals surface area (Å²) < 4.78 is 16.0. The molecule has 1 aromatic heterocycles. The van der Waals surface area contributed by atoms with Crippen LogP contribution in [0.3, 0.4) is 0 Å². The second-order valence-corrected chi connectivity index (χ2v) is 8.19. The van der Waals surface area contributed by atoms with E-state index in [-0.39, 0.29) is 5.91 Å². The minimum absolute atomic E-state index is 0.156. The van der Waals surface area contributed by atoms with Gasteiger partial charge in [-0.3, -0.25) is 4.79 Å². The molecule has 0 bridgehead atoms. The van der Waals surface area contributed by atoms with Gasteiger partial charge in [0.05, 0.1) is 26.2 Å². The molecule has 0 saturated heterocycles. The van der Waals surface area contributed by atoms with E-state index in [1.54, 1.807) is 45.2 Å². The minimum atomic E-state index is -0.156. The molecular weight excluding hydrogens is 394 g/mol. The van der Waals surface area contributed by atoms with E-state index in [2.05, 4.69) is 17.4 Å². The number of thioether (sulfide) groups is 1. The number of carbonyl (C=O) groups is 1. The number of anilines is 1. The first-order valence-corrected chi connectivity index (χ1v) is 10.4. The van der Waals surface area contributed by atoms with Crippen LogP contribution in [0.25, 0.3) is 10.4 Å². The summed E-state index contributed by atoms with van der Waals surface area (Å²) in [7, 11) is 4.64. The third-order valence-corrected chi connectivity index (χ3v) is 6.80. The van der Waals surface area contributed by atoms with Gasteiger partial charge in [0.15, 0.2) is 11.5 Å². The zero-order valence-electron chi connectivity index (χ0n) is 15.7. The molecule has 0 unspecified atom stereocenters. The van der Waals surface area contributed by atoms with Crippen LogP contribution in [0, 0.1) is 0 Å². The zero-order valence-corrected chi connectivity index (χ0v) is 17.3. The number of rotatable bonds is 5. The quantitative estimate of drug-likeness (QED) is 0.615. The molecule has 1 aliphatic rings. The third-order valence-electron chi connectivity index (χ3n) is 4.47. The van der Waals surface area contributed by atoms with Gasteiger partial charge in [-0.05, 0) is 17.7 Å². The Morgan fingerprint density at radius 2 is 1.71 bits per heavy atom. The van der Waals surface area contributed by atoms with Crippen molar-refractivity contribution in [1.82, 2.24) is 0 Å². The van der Waals surface area contributed by atoms with Gasteiger partial charge in [0, 0.05) is 38.9 Å². The fourth-order valence-electron chi connectivity index (χ4n) is 3.16. The van der Waals surface area contributed by atoms with Crippen molar-refractivity contribution in [3.8, 4) is 27.7 Å². The number of amides is 1. The van der Waals surface area contributed by atoms with Gasteiger partial charge in [0.25, 0.3) is 5.91 Å². The van der Waals surface area contributed by atoms with E-state index in [1.807, 2.05) is 18.2 Å². The van der Waals surface area contributed by atoms with Gasteiger partial charge in [-0.2, -0.15) is 0 Å². The molecule has 3 aromatic rings. The van der Waals surface area contributed by atoms with Crippen molar-refractivity contribution in [1.29, 1.82) is 0 Å². The number of hydrogen-bond donors (Lipinski definition) is 1. The van der Waals surface area contributed by atoms with Crippen molar-refractivity contribution in [2.75, 3.05) is 26.6 Å². The van der Waals surface area contributed by atoms with E-state index in [1.165, 1.54) is 32.2 Å². The highest BCUT2D eigenvalue weighted by Crippen LogP contribution is 2.46. The summed E-state index contributed by atoms with van der Waals surface area (Å²) in [5.74, 6) is 2.20. The predicted octanol–water partition coefficient (Wildman–Crippen LogP) is 5.30. The fourth-order valence-corrected chi connectivity index (χ4v) is 5.47. The van der Waals surface area contributed by atoms with Gasteiger partial charge in [-0.15, -0.1) is 23.1 Å². The average molecular weight is 414 g/mol. The molecule has 5 nitrogen and oxygen atoms in total. The first kappa shape index (κ1) is 18.7. The summed E-state index contributed by atoms with van der Waals surface area (Å²) in [4.78, 5) is 16.0. The van der Waals surface area contributed by atoms with Crippen LogP contribution >= 0.6 is 23.1 Å². The molecule has 28 heavy (non-hydrogen) atoms. The van der Waals surface area contributed by atoms with Crippen molar-refractivity contribution in [3.63, 3.8) is 0 Å². The summed E-state index contributed by atoms with van der Waals surface area (Å²) >= 11 is 3.32. The molecule has 0 spiro atoms. The van der Waals surface area contributed by atoms with Crippen molar-refractivity contribution in [2.24, 2.45) is 0 Å². The Morgan fingerprint density at radius 1 is 1.00 bits per heavy atom. The first-order valence-electron chi connectivity index (χ1n) is 8.61. The lowest BCUT2D eigenvalue weighted by molar-refractivity contribution is 0.103. The maximum absolute atomic E-state index is 12.9. The van der Waals surface area contributed by atoms with Crippen molar-refractivity contribution >= 4 is 34.7 Å². The van der Waals surface area contributed by atoms with Crippen LogP contribution in [-0.2, 0) is 5.75 Å². The van der Waals surface area contributed by atoms with Crippen LogP contribution in [0.2, 0.25) is 0 Å². The molecule has 1 amide bonds. The highest BCUT2D eigenvalue weighted by molar-refractivity contribution is 7.98. The van der Waals surface area contributed by atoms with Crippen molar-refractivity contribution in [2.45, 2.75) is 10.6 Å². The maximum Gasteiger partial charge on any atom is 0.265 e. The summed E-state index contributed by atoms with van der Waals surface area (Å²) in [5, 5.41) is 2.94. The maximum atomic E-state index is 12.9. The number of nitrogens with one attached hydrogen (secondary N) is 1. The van der Waals surface area contributed by atoms with Gasteiger partial charge in [0.2, 0.25) is 5.75 Å². The molecule has 0 saturated carbocycles. The average Bonchev–Trinajstić information content (AvgIpc) is 3.18. The van der Waals surface area contributed by atoms with Gasteiger partial charge in [0.1, 0.15) is 0 Å². The monoisotopic (exact) mass is 413 g/mol. The molecule has 2 aromatic carbocycles. The molecule has 1 N–H and O–H groups in total. The second kappa shape index (κ2) is 7.77. The van der Waals surface area contributed by atoms with Gasteiger partial charge < -0.3 is 19.5 Å². The van der Waals surface area contributed by atoms with Crippen molar-refractivity contribution in [3.05, 3.63) is 52.9 Å². The van der Waals surface area contributed by atoms with E-state index < -0.39 is 0 Å². The van der Waals surface area contributed by atoms with Gasteiger partial charge in [-0.25, -0.2) is 0 Å². The molecule has 0 radical (unpaired) electrons. The first-order chi connectivity index (χ1) is 13.6. The molecule has 2 heterocycles. The SMILES string of the molecule is COc1cc(NC(=O)c2cc3c(s2)-c2ccccc2SC3)cc(OC)c1OC. The topological polar surface area (TPSA) is 56.8 Å². The standard InChI is InChI=1S/C21H19NO4S2/c1-24-15-9-13(10-16(25-2)19(15)26-3)22-21(23)18-8-12-11-27-17-7-5-4-6-14(17)20(12)28-18/h4-10H,11H2,1-3H3,(H,22,23). The third kappa shape index (κ3) is 3.31. The lowest BCUT2D eigenvalue weighted by atomic mass is 10.1. The molecule has 0 atom stereocenters. The number of fused-ring (bicyclic) bond motifs is 3.